The predicted molar refractivity (Wildman–Crippen MR) is 391 cm³/mol. The van der Waals surface area contributed by atoms with E-state index in [1.54, 1.807) is 102 Å². The number of fused-ring (bicyclic) bond motifs is 8. The number of aliphatic hydroxyl groups excluding tert-OH is 1. The molecule has 7 rings (SSSR count). The number of nitrogens with two attached hydrogens (primary N) is 1. The second kappa shape index (κ2) is 40.6. The fraction of sp³-hybridized carbons (Fsp3) is 0.625. The molecule has 2 bridgehead atoms. The molecule has 0 spiro atoms. The van der Waals surface area contributed by atoms with Crippen LogP contribution in [-0.4, -0.2) is 231 Å². The Morgan fingerprint density at radius 2 is 0.876 bits per heavy atom. The Morgan fingerprint density at radius 3 is 1.39 bits per heavy atom. The molecule has 15 amide bonds. The molecule has 14 N–H and O–H groups in total. The summed E-state index contributed by atoms with van der Waals surface area (Å²) in [7, 11) is 1.91. The Bertz CT molecular complexity index is 3430. The van der Waals surface area contributed by atoms with Crippen molar-refractivity contribution in [1.82, 2.24) is 73.2 Å². The third-order valence-electron chi connectivity index (χ3n) is 20.3. The van der Waals surface area contributed by atoms with Crippen LogP contribution in [0, 0.1) is 17.8 Å². The van der Waals surface area contributed by atoms with E-state index in [4.69, 9.17) is 5.73 Å². The smallest absolute Gasteiger partial charge is 0.246 e. The van der Waals surface area contributed by atoms with E-state index in [2.05, 4.69) is 58.5 Å². The number of hydrogen-bond donors (Lipinski definition) is 13. The van der Waals surface area contributed by atoms with Crippen LogP contribution in [0.15, 0.2) is 60.7 Å². The second-order valence-electron chi connectivity index (χ2n) is 27.8. The van der Waals surface area contributed by atoms with Gasteiger partial charge in [0.25, 0.3) is 0 Å². The van der Waals surface area contributed by atoms with E-state index < -0.39 is 204 Å². The highest BCUT2D eigenvalue weighted by atomic mass is 33.1. The monoisotopic (exact) mass is 1500 g/mol. The minimum Gasteiger partial charge on any atom is -0.394 e. The molecule has 5 heterocycles. The molecule has 0 saturated carbocycles. The molecular formula is C72H105N15O16S2. The van der Waals surface area contributed by atoms with Crippen molar-refractivity contribution in [3.05, 3.63) is 71.8 Å². The molecule has 33 heteroatoms. The SMILES string of the molecule is CCCCC1NC(=O)[C@@H]2CSSC[C@H](NC(=O)[C@H]([C@@H](C)CC)NC(=O)[C@@H]3CCCN3C(=O)[C@@H]3CCCN3C(=O)[C@H]([C@@H](C)CC)NC(=O)[C@H](CO)NC(=O)[C@H](Cc3ccccc3)NC1=O)C(=O)N[C@@H](Cc1ccccc1)C(=O)N1CCC[C@H]1C(=O)N[C@@H](CC(N)=O)C(=O)NCC(=O)N[C@@H]([C@@H](C)CC)C(=O)N2. The van der Waals surface area contributed by atoms with Crippen LogP contribution in [0.3, 0.4) is 0 Å². The molecule has 1 unspecified atom stereocenters. The molecule has 5 saturated heterocycles. The lowest BCUT2D eigenvalue weighted by atomic mass is 9.96. The molecule has 0 aliphatic carbocycles. The van der Waals surface area contributed by atoms with Gasteiger partial charge in [0, 0.05) is 44.0 Å². The Hall–Kier alpha value is -8.85. The highest BCUT2D eigenvalue weighted by Gasteiger charge is 2.47. The summed E-state index contributed by atoms with van der Waals surface area (Å²) < 4.78 is 0. The lowest BCUT2D eigenvalue weighted by molar-refractivity contribution is -0.149. The molecular weight excluding hydrogens is 1400 g/mol. The number of nitrogens with one attached hydrogen (secondary N) is 11. The van der Waals surface area contributed by atoms with Gasteiger partial charge in [0.05, 0.1) is 19.6 Å². The van der Waals surface area contributed by atoms with Crippen LogP contribution in [0.4, 0.5) is 0 Å². The number of benzene rings is 2. The van der Waals surface area contributed by atoms with E-state index in [0.717, 1.165) is 21.6 Å². The molecule has 2 aromatic rings. The first-order chi connectivity index (χ1) is 50.2. The lowest BCUT2D eigenvalue weighted by Gasteiger charge is -2.35. The molecule has 31 nitrogen and oxygen atoms in total. The Kier molecular flexibility index (Phi) is 32.2. The summed E-state index contributed by atoms with van der Waals surface area (Å²) >= 11 is 0. The maximum absolute atomic E-state index is 15.4. The van der Waals surface area contributed by atoms with Gasteiger partial charge in [-0.3, -0.25) is 71.9 Å². The zero-order valence-corrected chi connectivity index (χ0v) is 62.5. The second-order valence-corrected chi connectivity index (χ2v) is 30.4. The fourth-order valence-corrected chi connectivity index (χ4v) is 15.8. The molecule has 0 aromatic heterocycles. The largest absolute Gasteiger partial charge is 0.394 e. The molecule has 0 radical (unpaired) electrons. The summed E-state index contributed by atoms with van der Waals surface area (Å²) in [4.78, 5) is 223. The molecule has 2 aromatic carbocycles. The number of amides is 15. The zero-order valence-electron chi connectivity index (χ0n) is 60.9. The van der Waals surface area contributed by atoms with E-state index in [1.165, 1.54) is 14.7 Å². The number of nitrogens with zero attached hydrogens (tertiary/aromatic N) is 3. The summed E-state index contributed by atoms with van der Waals surface area (Å²) in [6.45, 7) is 10.7. The van der Waals surface area contributed by atoms with Gasteiger partial charge < -0.3 is 84.0 Å². The van der Waals surface area contributed by atoms with Crippen molar-refractivity contribution in [3.63, 3.8) is 0 Å². The number of rotatable bonds is 16. The van der Waals surface area contributed by atoms with Crippen LogP contribution in [-0.2, 0) is 84.8 Å². The first-order valence-electron chi connectivity index (χ1n) is 36.7. The van der Waals surface area contributed by atoms with E-state index in [1.807, 2.05) is 6.92 Å². The summed E-state index contributed by atoms with van der Waals surface area (Å²) in [5, 5.41) is 40.5. The number of carbonyl (C=O) groups is 15. The van der Waals surface area contributed by atoms with Crippen molar-refractivity contribution in [2.45, 2.75) is 223 Å². The highest BCUT2D eigenvalue weighted by molar-refractivity contribution is 8.76. The van der Waals surface area contributed by atoms with Gasteiger partial charge in [-0.25, -0.2) is 0 Å². The Balaban J connectivity index is 1.35. The zero-order chi connectivity index (χ0) is 76.6. The van der Waals surface area contributed by atoms with Crippen LogP contribution >= 0.6 is 21.6 Å². The van der Waals surface area contributed by atoms with E-state index in [0.29, 0.717) is 56.1 Å². The van der Waals surface area contributed by atoms with Gasteiger partial charge in [0.2, 0.25) is 88.6 Å². The first kappa shape index (κ1) is 83.4. The van der Waals surface area contributed by atoms with Gasteiger partial charge in [0.1, 0.15) is 78.5 Å². The average molecular weight is 1500 g/mol. The van der Waals surface area contributed by atoms with Gasteiger partial charge in [-0.15, -0.1) is 0 Å². The van der Waals surface area contributed by atoms with Crippen LogP contribution < -0.4 is 64.2 Å². The molecule has 5 aliphatic rings. The number of aliphatic hydroxyl groups is 1. The van der Waals surface area contributed by atoms with Gasteiger partial charge in [0.15, 0.2) is 0 Å². The third kappa shape index (κ3) is 23.1. The lowest BCUT2D eigenvalue weighted by Crippen LogP contribution is -2.62. The van der Waals surface area contributed by atoms with Crippen LogP contribution in [0.1, 0.15) is 143 Å². The number of primary amides is 1. The molecule has 576 valence electrons. The molecule has 5 fully saturated rings. The van der Waals surface area contributed by atoms with E-state index in [-0.39, 0.29) is 76.1 Å². The van der Waals surface area contributed by atoms with E-state index >= 15 is 19.2 Å². The van der Waals surface area contributed by atoms with Crippen LogP contribution in [0.5, 0.6) is 0 Å². The molecule has 16 atom stereocenters. The Morgan fingerprint density at radius 1 is 0.457 bits per heavy atom. The normalized spacial score (nSPS) is 28.6. The van der Waals surface area contributed by atoms with Gasteiger partial charge >= 0.3 is 0 Å². The minimum atomic E-state index is -1.69. The molecule has 5 aliphatic heterocycles. The van der Waals surface area contributed by atoms with Crippen molar-refractivity contribution < 1.29 is 77.0 Å². The third-order valence-corrected chi connectivity index (χ3v) is 22.7. The quantitative estimate of drug-likeness (QED) is 0.0898. The van der Waals surface area contributed by atoms with Crippen molar-refractivity contribution in [3.8, 4) is 0 Å². The average Bonchev–Trinajstić information content (AvgIpc) is 1.69. The predicted octanol–water partition coefficient (Wildman–Crippen LogP) is -0.986. The molecule has 105 heavy (non-hydrogen) atoms. The highest BCUT2D eigenvalue weighted by Crippen LogP contribution is 2.29. The van der Waals surface area contributed by atoms with Crippen molar-refractivity contribution in [2.24, 2.45) is 23.5 Å². The maximum atomic E-state index is 15.4. The van der Waals surface area contributed by atoms with Crippen molar-refractivity contribution in [1.29, 1.82) is 0 Å². The fourth-order valence-electron chi connectivity index (χ4n) is 13.4. The summed E-state index contributed by atoms with van der Waals surface area (Å²) in [6, 6.07) is -1.24. The van der Waals surface area contributed by atoms with Crippen LogP contribution in [0.2, 0.25) is 0 Å². The Labute approximate surface area is 620 Å². The topological polar surface area (TPSA) is 444 Å². The van der Waals surface area contributed by atoms with Gasteiger partial charge in [-0.1, -0.05) is 163 Å². The first-order valence-corrected chi connectivity index (χ1v) is 39.1. The summed E-state index contributed by atoms with van der Waals surface area (Å²) in [5.41, 5.74) is 6.71. The van der Waals surface area contributed by atoms with Gasteiger partial charge in [-0.2, -0.15) is 0 Å². The summed E-state index contributed by atoms with van der Waals surface area (Å²) in [5.74, 6) is -15.2. The number of hydrogen-bond acceptors (Lipinski definition) is 18. The number of unbranched alkanes of at least 4 members (excludes halogenated alkanes) is 1. The van der Waals surface area contributed by atoms with Gasteiger partial charge in [-0.05, 0) is 73.8 Å². The number of carbonyl (C=O) groups excluding carboxylic acids is 15. The van der Waals surface area contributed by atoms with Crippen LogP contribution in [0.25, 0.3) is 0 Å². The van der Waals surface area contributed by atoms with E-state index in [9.17, 15) is 57.8 Å². The maximum Gasteiger partial charge on any atom is 0.246 e. The van der Waals surface area contributed by atoms with Crippen molar-refractivity contribution >= 4 is 110 Å². The van der Waals surface area contributed by atoms with Crippen molar-refractivity contribution in [2.75, 3.05) is 44.3 Å². The summed E-state index contributed by atoms with van der Waals surface area (Å²) in [6.07, 6.45) is 2.22. The standard InChI is InChI=1S/C72H105N15O16S2/c1-8-12-26-45-61(92)76-46(33-43-22-15-13-16-23-43)62(93)79-49(37-88)63(94)84-59(42(7)11-4)72(103)87-32-21-29-54(87)71(102)86-31-20-28-53(86)67(98)83-58(41(6)10-3)69(100)81-51-39-105-104-38-50(64(95)75-45)80-68(99)57(40(5)9-2)82-56(90)36-74-60(91)47(35-55(73)89)77-66(97)52-27-19-30-85(52)70(101)48(78-65(51)96)34-44-24-17-14-18-25-44/h13-18,22-25,40-42,45-54,57-59,88H,8-12,19-21,26-39H2,1-7H3,(H2,73,89)(H,74,91)(H,75,95)(H,76,92)(H,77,97)(H,78,96)(H,79,93)(H,80,99)(H,81,100)(H,82,90)(H,83,98)(H,84,94)/t40-,41-,42-,45?,46-,47-,48-,49-,50-,51-,52-,53-,54-,57-,58-,59-/m0/s1. The minimum absolute atomic E-state index is 0.00782.